The van der Waals surface area contributed by atoms with E-state index in [0.29, 0.717) is 30.3 Å². The molecule has 2 amide bonds. The number of nitrogens with zero attached hydrogens (tertiary/aromatic N) is 2. The summed E-state index contributed by atoms with van der Waals surface area (Å²) in [6.45, 7) is 4.77. The number of methoxy groups -OCH3 is 3. The van der Waals surface area contributed by atoms with Crippen molar-refractivity contribution in [2.45, 2.75) is 0 Å². The molecule has 1 heterocycles. The Bertz CT molecular complexity index is 516. The van der Waals surface area contributed by atoms with Gasteiger partial charge in [0.25, 0.3) is 0 Å². The zero-order valence-corrected chi connectivity index (χ0v) is 14.0. The number of ether oxygens (including phenoxy) is 3. The molecule has 0 radical (unpaired) electrons. The smallest absolute Gasteiger partial charge is 0.321 e. The van der Waals surface area contributed by atoms with Gasteiger partial charge in [-0.1, -0.05) is 0 Å². The summed E-state index contributed by atoms with van der Waals surface area (Å²) in [4.78, 5) is 16.5. The second-order valence-corrected chi connectivity index (χ2v) is 5.32. The lowest BCUT2D eigenvalue weighted by molar-refractivity contribution is 0.109. The van der Waals surface area contributed by atoms with Gasteiger partial charge in [0.1, 0.15) is 0 Å². The predicted octanol–water partition coefficient (Wildman–Crippen LogP) is 1.50. The molecule has 0 aliphatic carbocycles. The number of hydrogen-bond acceptors (Lipinski definition) is 5. The fourth-order valence-corrected chi connectivity index (χ4v) is 2.51. The molecule has 0 aromatic heterocycles. The van der Waals surface area contributed by atoms with Gasteiger partial charge in [-0.3, -0.25) is 4.90 Å². The minimum absolute atomic E-state index is 0.0939. The molecule has 1 aliphatic rings. The fourth-order valence-electron chi connectivity index (χ4n) is 2.51. The van der Waals surface area contributed by atoms with Gasteiger partial charge < -0.3 is 24.4 Å². The maximum atomic E-state index is 12.3. The molecule has 1 saturated heterocycles. The Morgan fingerprint density at radius 2 is 1.78 bits per heavy atom. The first-order valence-electron chi connectivity index (χ1n) is 7.67. The summed E-state index contributed by atoms with van der Waals surface area (Å²) in [5, 5.41) is 2.90. The highest BCUT2D eigenvalue weighted by Gasteiger charge is 2.21. The standard InChI is InChI=1S/C16H25N3O4/c1-21-11-10-18-6-8-19(9-7-18)16(20)17-13-4-5-14(22-2)15(12-13)23-3/h4-5,12H,6-11H2,1-3H3,(H,17,20). The van der Waals surface area contributed by atoms with E-state index >= 15 is 0 Å². The Balaban J connectivity index is 1.88. The molecule has 0 spiro atoms. The highest BCUT2D eigenvalue weighted by molar-refractivity contribution is 5.89. The number of rotatable bonds is 6. The molecule has 1 aromatic carbocycles. The SMILES string of the molecule is COCCN1CCN(C(=O)Nc2ccc(OC)c(OC)c2)CC1. The molecular formula is C16H25N3O4. The molecular weight excluding hydrogens is 298 g/mol. The highest BCUT2D eigenvalue weighted by atomic mass is 16.5. The molecule has 1 fully saturated rings. The molecule has 0 saturated carbocycles. The van der Waals surface area contributed by atoms with Gasteiger partial charge >= 0.3 is 6.03 Å². The largest absolute Gasteiger partial charge is 0.493 e. The predicted molar refractivity (Wildman–Crippen MR) is 88.5 cm³/mol. The van der Waals surface area contributed by atoms with E-state index in [1.165, 1.54) is 0 Å². The van der Waals surface area contributed by atoms with Crippen molar-refractivity contribution in [1.29, 1.82) is 0 Å². The van der Waals surface area contributed by atoms with Crippen LogP contribution in [-0.2, 0) is 4.74 Å². The van der Waals surface area contributed by atoms with E-state index in [4.69, 9.17) is 14.2 Å². The van der Waals surface area contributed by atoms with Crippen molar-refractivity contribution in [3.8, 4) is 11.5 Å². The number of carbonyl (C=O) groups is 1. The lowest BCUT2D eigenvalue weighted by Gasteiger charge is -2.34. The van der Waals surface area contributed by atoms with Crippen LogP contribution in [0.5, 0.6) is 11.5 Å². The third-order valence-corrected chi connectivity index (χ3v) is 3.91. The molecule has 23 heavy (non-hydrogen) atoms. The third kappa shape index (κ3) is 4.74. The van der Waals surface area contributed by atoms with E-state index in [0.717, 1.165) is 26.2 Å². The first kappa shape index (κ1) is 17.4. The molecule has 1 N–H and O–H groups in total. The minimum atomic E-state index is -0.0939. The van der Waals surface area contributed by atoms with Crippen LogP contribution in [0.2, 0.25) is 0 Å². The Labute approximate surface area is 137 Å². The van der Waals surface area contributed by atoms with Crippen molar-refractivity contribution in [2.24, 2.45) is 0 Å². The number of amides is 2. The Kier molecular flexibility index (Phi) is 6.49. The van der Waals surface area contributed by atoms with Crippen LogP contribution in [0.15, 0.2) is 18.2 Å². The van der Waals surface area contributed by atoms with Crippen LogP contribution in [0.3, 0.4) is 0 Å². The van der Waals surface area contributed by atoms with Crippen molar-refractivity contribution < 1.29 is 19.0 Å². The molecule has 0 atom stereocenters. The molecule has 1 aromatic rings. The summed E-state index contributed by atoms with van der Waals surface area (Å²) in [7, 11) is 4.86. The van der Waals surface area contributed by atoms with Gasteiger partial charge in [-0.2, -0.15) is 0 Å². The van der Waals surface area contributed by atoms with Crippen LogP contribution in [0.4, 0.5) is 10.5 Å². The molecule has 128 valence electrons. The maximum Gasteiger partial charge on any atom is 0.321 e. The minimum Gasteiger partial charge on any atom is -0.493 e. The lowest BCUT2D eigenvalue weighted by Crippen LogP contribution is -2.50. The number of benzene rings is 1. The monoisotopic (exact) mass is 323 g/mol. The van der Waals surface area contributed by atoms with Gasteiger partial charge in [-0.25, -0.2) is 4.79 Å². The highest BCUT2D eigenvalue weighted by Crippen LogP contribution is 2.29. The van der Waals surface area contributed by atoms with Crippen LogP contribution >= 0.6 is 0 Å². The first-order valence-corrected chi connectivity index (χ1v) is 7.67. The van der Waals surface area contributed by atoms with Crippen molar-refractivity contribution in [3.63, 3.8) is 0 Å². The Morgan fingerprint density at radius 1 is 1.09 bits per heavy atom. The summed E-state index contributed by atoms with van der Waals surface area (Å²) in [6.07, 6.45) is 0. The second-order valence-electron chi connectivity index (χ2n) is 5.32. The number of hydrogen-bond donors (Lipinski definition) is 1. The van der Waals surface area contributed by atoms with E-state index in [1.54, 1.807) is 39.5 Å². The van der Waals surface area contributed by atoms with Gasteiger partial charge in [-0.15, -0.1) is 0 Å². The number of piperazine rings is 1. The van der Waals surface area contributed by atoms with Crippen LogP contribution < -0.4 is 14.8 Å². The number of carbonyl (C=O) groups excluding carboxylic acids is 1. The number of anilines is 1. The molecule has 0 bridgehead atoms. The van der Waals surface area contributed by atoms with Crippen molar-refractivity contribution >= 4 is 11.7 Å². The summed E-state index contributed by atoms with van der Waals surface area (Å²) in [5.41, 5.74) is 0.689. The summed E-state index contributed by atoms with van der Waals surface area (Å²) < 4.78 is 15.5. The summed E-state index contributed by atoms with van der Waals surface area (Å²) in [5.74, 6) is 1.23. The maximum absolute atomic E-state index is 12.3. The molecule has 1 aliphatic heterocycles. The average molecular weight is 323 g/mol. The summed E-state index contributed by atoms with van der Waals surface area (Å²) in [6, 6.07) is 5.24. The quantitative estimate of drug-likeness (QED) is 0.859. The third-order valence-electron chi connectivity index (χ3n) is 3.91. The van der Waals surface area contributed by atoms with E-state index < -0.39 is 0 Å². The van der Waals surface area contributed by atoms with Crippen LogP contribution in [0.25, 0.3) is 0 Å². The van der Waals surface area contributed by atoms with Gasteiger partial charge in [0.2, 0.25) is 0 Å². The van der Waals surface area contributed by atoms with Gasteiger partial charge in [0, 0.05) is 51.6 Å². The molecule has 2 rings (SSSR count). The van der Waals surface area contributed by atoms with Crippen molar-refractivity contribution in [3.05, 3.63) is 18.2 Å². The van der Waals surface area contributed by atoms with Crippen LogP contribution in [-0.4, -0.2) is 76.5 Å². The lowest BCUT2D eigenvalue weighted by atomic mass is 10.2. The normalized spacial score (nSPS) is 15.3. The first-order chi connectivity index (χ1) is 11.2. The van der Waals surface area contributed by atoms with Crippen molar-refractivity contribution in [2.75, 3.05) is 66.0 Å². The van der Waals surface area contributed by atoms with Gasteiger partial charge in [0.15, 0.2) is 11.5 Å². The molecule has 7 heteroatoms. The van der Waals surface area contributed by atoms with Crippen molar-refractivity contribution in [1.82, 2.24) is 9.80 Å². The molecule has 7 nitrogen and oxygen atoms in total. The van der Waals surface area contributed by atoms with Crippen LogP contribution in [0.1, 0.15) is 0 Å². The van der Waals surface area contributed by atoms with E-state index in [9.17, 15) is 4.79 Å². The average Bonchev–Trinajstić information content (AvgIpc) is 2.60. The Hall–Kier alpha value is -1.99. The van der Waals surface area contributed by atoms with Crippen LogP contribution in [0, 0.1) is 0 Å². The molecule has 0 unspecified atom stereocenters. The Morgan fingerprint density at radius 3 is 2.39 bits per heavy atom. The van der Waals surface area contributed by atoms with Gasteiger partial charge in [-0.05, 0) is 12.1 Å². The topological polar surface area (TPSA) is 63.3 Å². The zero-order chi connectivity index (χ0) is 16.7. The van der Waals surface area contributed by atoms with E-state index in [-0.39, 0.29) is 6.03 Å². The zero-order valence-electron chi connectivity index (χ0n) is 14.0. The fraction of sp³-hybridized carbons (Fsp3) is 0.562. The van der Waals surface area contributed by atoms with Gasteiger partial charge in [0.05, 0.1) is 20.8 Å². The number of urea groups is 1. The number of nitrogens with one attached hydrogen (secondary N) is 1. The van der Waals surface area contributed by atoms with E-state index in [1.807, 2.05) is 4.90 Å². The summed E-state index contributed by atoms with van der Waals surface area (Å²) >= 11 is 0. The van der Waals surface area contributed by atoms with E-state index in [2.05, 4.69) is 10.2 Å². The second kappa shape index (κ2) is 8.59.